The van der Waals surface area contributed by atoms with Gasteiger partial charge in [0, 0.05) is 43.5 Å². The molecule has 23 heavy (non-hydrogen) atoms. The van der Waals surface area contributed by atoms with Gasteiger partial charge in [-0.1, -0.05) is 29.8 Å². The summed E-state index contributed by atoms with van der Waals surface area (Å²) in [6, 6.07) is 11.6. The quantitative estimate of drug-likeness (QED) is 0.809. The lowest BCUT2D eigenvalue weighted by molar-refractivity contribution is -0.121. The number of nitrogens with zero attached hydrogens (tertiary/aromatic N) is 2. The van der Waals surface area contributed by atoms with Crippen LogP contribution in [0.25, 0.3) is 0 Å². The summed E-state index contributed by atoms with van der Waals surface area (Å²) in [4.78, 5) is 18.1. The van der Waals surface area contributed by atoms with Crippen LogP contribution >= 0.6 is 11.6 Å². The highest BCUT2D eigenvalue weighted by Gasteiger charge is 2.06. The van der Waals surface area contributed by atoms with Gasteiger partial charge in [0.15, 0.2) is 0 Å². The Kier molecular flexibility index (Phi) is 7.04. The highest BCUT2D eigenvalue weighted by atomic mass is 35.5. The van der Waals surface area contributed by atoms with Crippen molar-refractivity contribution in [1.82, 2.24) is 15.2 Å². The summed E-state index contributed by atoms with van der Waals surface area (Å²) in [5, 5.41) is 3.59. The number of likely N-dealkylation sites (N-methyl/N-ethyl adjacent to an activating group) is 1. The van der Waals surface area contributed by atoms with Crippen molar-refractivity contribution in [3.63, 3.8) is 0 Å². The Morgan fingerprint density at radius 1 is 1.17 bits per heavy atom. The van der Waals surface area contributed by atoms with E-state index in [2.05, 4.69) is 15.2 Å². The topological polar surface area (TPSA) is 45.2 Å². The maximum absolute atomic E-state index is 11.9. The van der Waals surface area contributed by atoms with E-state index in [9.17, 15) is 4.79 Å². The van der Waals surface area contributed by atoms with Crippen molar-refractivity contribution in [2.75, 3.05) is 20.1 Å². The van der Waals surface area contributed by atoms with Crippen LogP contribution in [-0.2, 0) is 17.8 Å². The average Bonchev–Trinajstić information content (AvgIpc) is 2.58. The molecule has 0 bridgehead atoms. The van der Waals surface area contributed by atoms with Gasteiger partial charge in [-0.25, -0.2) is 0 Å². The monoisotopic (exact) mass is 331 g/mol. The zero-order valence-electron chi connectivity index (χ0n) is 13.3. The number of halogens is 1. The van der Waals surface area contributed by atoms with E-state index < -0.39 is 0 Å². The molecule has 2 aromatic rings. The number of nitrogens with one attached hydrogen (secondary N) is 1. The van der Waals surface area contributed by atoms with E-state index in [1.165, 1.54) is 5.56 Å². The molecule has 0 aliphatic carbocycles. The Labute approximate surface area is 142 Å². The molecule has 1 aromatic heterocycles. The van der Waals surface area contributed by atoms with Gasteiger partial charge in [-0.3, -0.25) is 9.78 Å². The Morgan fingerprint density at radius 3 is 2.65 bits per heavy atom. The molecule has 0 aliphatic heterocycles. The van der Waals surface area contributed by atoms with Crippen LogP contribution in [0.3, 0.4) is 0 Å². The van der Waals surface area contributed by atoms with E-state index in [-0.39, 0.29) is 5.91 Å². The van der Waals surface area contributed by atoms with Gasteiger partial charge in [0.25, 0.3) is 0 Å². The van der Waals surface area contributed by atoms with E-state index in [0.29, 0.717) is 18.0 Å². The predicted molar refractivity (Wildman–Crippen MR) is 93.4 cm³/mol. The molecule has 0 atom stereocenters. The van der Waals surface area contributed by atoms with Crippen LogP contribution in [0.4, 0.5) is 0 Å². The average molecular weight is 332 g/mol. The van der Waals surface area contributed by atoms with Gasteiger partial charge in [-0.05, 0) is 42.8 Å². The summed E-state index contributed by atoms with van der Waals surface area (Å²) in [6.45, 7) is 2.13. The molecule has 0 fully saturated rings. The summed E-state index contributed by atoms with van der Waals surface area (Å²) in [5.41, 5.74) is 2.20. The number of carbonyl (C=O) groups excluding carboxylic acids is 1. The normalized spacial score (nSPS) is 10.7. The number of pyridine rings is 1. The van der Waals surface area contributed by atoms with Crippen molar-refractivity contribution in [3.8, 4) is 0 Å². The Balaban J connectivity index is 1.65. The number of aromatic nitrogens is 1. The third kappa shape index (κ3) is 6.38. The fourth-order valence-corrected chi connectivity index (χ4v) is 2.40. The zero-order chi connectivity index (χ0) is 16.5. The minimum absolute atomic E-state index is 0.0423. The van der Waals surface area contributed by atoms with Crippen molar-refractivity contribution in [3.05, 3.63) is 64.9 Å². The Hall–Kier alpha value is -1.91. The molecule has 1 N–H and O–H groups in total. The van der Waals surface area contributed by atoms with Gasteiger partial charge in [0.1, 0.15) is 0 Å². The van der Waals surface area contributed by atoms with E-state index in [4.69, 9.17) is 11.6 Å². The fourth-order valence-electron chi connectivity index (χ4n) is 2.20. The number of rotatable bonds is 8. The van der Waals surface area contributed by atoms with Crippen LogP contribution in [0.2, 0.25) is 5.02 Å². The first-order chi connectivity index (χ1) is 11.1. The van der Waals surface area contributed by atoms with Gasteiger partial charge in [0.05, 0.1) is 0 Å². The van der Waals surface area contributed by atoms with Crippen LogP contribution in [0.5, 0.6) is 0 Å². The molecule has 122 valence electrons. The number of hydrogen-bond acceptors (Lipinski definition) is 3. The van der Waals surface area contributed by atoms with Crippen molar-refractivity contribution in [2.45, 2.75) is 19.4 Å². The lowest BCUT2D eigenvalue weighted by atomic mass is 10.2. The molecule has 4 nitrogen and oxygen atoms in total. The molecular formula is C18H22ClN3O. The Bertz CT molecular complexity index is 619. The molecule has 0 aliphatic rings. The SMILES string of the molecule is CN(CCC(=O)NCc1ccccc1Cl)CCc1ccncc1. The minimum atomic E-state index is 0.0423. The molecule has 0 radical (unpaired) electrons. The second-order valence-corrected chi connectivity index (χ2v) is 5.93. The maximum Gasteiger partial charge on any atom is 0.221 e. The molecule has 0 spiro atoms. The van der Waals surface area contributed by atoms with E-state index in [1.54, 1.807) is 12.4 Å². The molecule has 2 rings (SSSR count). The minimum Gasteiger partial charge on any atom is -0.352 e. The molecule has 0 saturated heterocycles. The van der Waals surface area contributed by atoms with Crippen LogP contribution in [0, 0.1) is 0 Å². The lowest BCUT2D eigenvalue weighted by Gasteiger charge is -2.16. The van der Waals surface area contributed by atoms with Crippen molar-refractivity contribution < 1.29 is 4.79 Å². The largest absolute Gasteiger partial charge is 0.352 e. The fraction of sp³-hybridized carbons (Fsp3) is 0.333. The van der Waals surface area contributed by atoms with E-state index in [1.807, 2.05) is 43.4 Å². The summed E-state index contributed by atoms with van der Waals surface area (Å²) in [5.74, 6) is 0.0423. The summed E-state index contributed by atoms with van der Waals surface area (Å²) in [7, 11) is 2.03. The zero-order valence-corrected chi connectivity index (χ0v) is 14.1. The third-order valence-corrected chi connectivity index (χ3v) is 4.05. The number of amides is 1. The van der Waals surface area contributed by atoms with Crippen LogP contribution in [-0.4, -0.2) is 35.9 Å². The number of carbonyl (C=O) groups is 1. The summed E-state index contributed by atoms with van der Waals surface area (Å²) >= 11 is 6.07. The predicted octanol–water partition coefficient (Wildman–Crippen LogP) is 2.92. The van der Waals surface area contributed by atoms with Crippen molar-refractivity contribution in [2.24, 2.45) is 0 Å². The smallest absolute Gasteiger partial charge is 0.221 e. The second kappa shape index (κ2) is 9.28. The van der Waals surface area contributed by atoms with Crippen molar-refractivity contribution >= 4 is 17.5 Å². The van der Waals surface area contributed by atoms with Gasteiger partial charge in [-0.2, -0.15) is 0 Å². The number of benzene rings is 1. The van der Waals surface area contributed by atoms with E-state index in [0.717, 1.165) is 25.1 Å². The Morgan fingerprint density at radius 2 is 1.91 bits per heavy atom. The highest BCUT2D eigenvalue weighted by Crippen LogP contribution is 2.14. The van der Waals surface area contributed by atoms with Crippen LogP contribution < -0.4 is 5.32 Å². The molecule has 0 saturated carbocycles. The maximum atomic E-state index is 11.9. The molecule has 5 heteroatoms. The standard InChI is InChI=1S/C18H22ClN3O/c1-22(12-8-15-6-10-20-11-7-15)13-9-18(23)21-14-16-4-2-3-5-17(16)19/h2-7,10-11H,8-9,12-14H2,1H3,(H,21,23). The third-order valence-electron chi connectivity index (χ3n) is 3.69. The van der Waals surface area contributed by atoms with Gasteiger partial charge in [-0.15, -0.1) is 0 Å². The summed E-state index contributed by atoms with van der Waals surface area (Å²) < 4.78 is 0. The van der Waals surface area contributed by atoms with Crippen molar-refractivity contribution in [1.29, 1.82) is 0 Å². The first-order valence-corrected chi connectivity index (χ1v) is 8.10. The number of hydrogen-bond donors (Lipinski definition) is 1. The van der Waals surface area contributed by atoms with Crippen LogP contribution in [0.15, 0.2) is 48.8 Å². The molecule has 0 unspecified atom stereocenters. The summed E-state index contributed by atoms with van der Waals surface area (Å²) in [6.07, 6.45) is 5.05. The highest BCUT2D eigenvalue weighted by molar-refractivity contribution is 6.31. The lowest BCUT2D eigenvalue weighted by Crippen LogP contribution is -2.29. The van der Waals surface area contributed by atoms with Crippen LogP contribution in [0.1, 0.15) is 17.5 Å². The van der Waals surface area contributed by atoms with Gasteiger partial charge >= 0.3 is 0 Å². The first kappa shape index (κ1) is 17.4. The molecule has 1 aromatic carbocycles. The van der Waals surface area contributed by atoms with Gasteiger partial charge < -0.3 is 10.2 Å². The molecule has 1 heterocycles. The molecular weight excluding hydrogens is 310 g/mol. The first-order valence-electron chi connectivity index (χ1n) is 7.72. The van der Waals surface area contributed by atoms with E-state index >= 15 is 0 Å². The second-order valence-electron chi connectivity index (χ2n) is 5.53. The van der Waals surface area contributed by atoms with Gasteiger partial charge in [0.2, 0.25) is 5.91 Å². The molecule has 1 amide bonds.